The number of amides is 1. The molecule has 1 amide bonds. The minimum atomic E-state index is -0.652. The molecule has 0 spiro atoms. The standard InChI is InChI=1S/C16H22ClNO2/c1-2-10-20-14-9-5-6-12(11-14)15(17)16(19)18-13-7-3-4-8-13/h5-6,9,11,13,15H,2-4,7-8,10H2,1H3,(H,18,19). The summed E-state index contributed by atoms with van der Waals surface area (Å²) >= 11 is 6.27. The van der Waals surface area contributed by atoms with Gasteiger partial charge in [-0.15, -0.1) is 11.6 Å². The average molecular weight is 296 g/mol. The van der Waals surface area contributed by atoms with E-state index in [-0.39, 0.29) is 5.91 Å². The first-order chi connectivity index (χ1) is 9.70. The monoisotopic (exact) mass is 295 g/mol. The second-order valence-corrected chi connectivity index (χ2v) is 5.71. The van der Waals surface area contributed by atoms with E-state index in [4.69, 9.17) is 16.3 Å². The lowest BCUT2D eigenvalue weighted by Gasteiger charge is -2.16. The predicted octanol–water partition coefficient (Wildman–Crippen LogP) is 3.81. The lowest BCUT2D eigenvalue weighted by atomic mass is 10.1. The van der Waals surface area contributed by atoms with Crippen molar-refractivity contribution < 1.29 is 9.53 Å². The van der Waals surface area contributed by atoms with Crippen LogP contribution in [-0.2, 0) is 4.79 Å². The maximum Gasteiger partial charge on any atom is 0.242 e. The van der Waals surface area contributed by atoms with Gasteiger partial charge in [0.1, 0.15) is 11.1 Å². The fourth-order valence-corrected chi connectivity index (χ4v) is 2.68. The number of hydrogen-bond donors (Lipinski definition) is 1. The Morgan fingerprint density at radius 3 is 2.90 bits per heavy atom. The fourth-order valence-electron chi connectivity index (χ4n) is 2.48. The van der Waals surface area contributed by atoms with Gasteiger partial charge in [-0.2, -0.15) is 0 Å². The molecule has 1 aromatic rings. The molecule has 3 nitrogen and oxygen atoms in total. The summed E-state index contributed by atoms with van der Waals surface area (Å²) in [6.07, 6.45) is 5.47. The number of hydrogen-bond acceptors (Lipinski definition) is 2. The molecule has 20 heavy (non-hydrogen) atoms. The number of benzene rings is 1. The van der Waals surface area contributed by atoms with E-state index in [1.54, 1.807) is 0 Å². The largest absolute Gasteiger partial charge is 0.494 e. The van der Waals surface area contributed by atoms with E-state index in [1.165, 1.54) is 12.8 Å². The van der Waals surface area contributed by atoms with Gasteiger partial charge in [0.2, 0.25) is 5.91 Å². The lowest BCUT2D eigenvalue weighted by Crippen LogP contribution is -2.34. The smallest absolute Gasteiger partial charge is 0.242 e. The fraction of sp³-hybridized carbons (Fsp3) is 0.562. The van der Waals surface area contributed by atoms with Gasteiger partial charge in [-0.1, -0.05) is 31.9 Å². The van der Waals surface area contributed by atoms with E-state index in [0.29, 0.717) is 12.6 Å². The highest BCUT2D eigenvalue weighted by atomic mass is 35.5. The summed E-state index contributed by atoms with van der Waals surface area (Å²) < 4.78 is 5.57. The Morgan fingerprint density at radius 2 is 2.20 bits per heavy atom. The first kappa shape index (κ1) is 15.2. The third kappa shape index (κ3) is 4.14. The Kier molecular flexibility index (Phi) is 5.72. The molecule has 1 atom stereocenters. The Morgan fingerprint density at radius 1 is 1.45 bits per heavy atom. The molecule has 0 aliphatic heterocycles. The zero-order valence-corrected chi connectivity index (χ0v) is 12.7. The van der Waals surface area contributed by atoms with Gasteiger partial charge in [-0.05, 0) is 37.0 Å². The quantitative estimate of drug-likeness (QED) is 0.810. The Hall–Kier alpha value is -1.22. The summed E-state index contributed by atoms with van der Waals surface area (Å²) in [5.41, 5.74) is 0.788. The second kappa shape index (κ2) is 7.53. The molecule has 0 aromatic heterocycles. The highest BCUT2D eigenvalue weighted by Gasteiger charge is 2.23. The van der Waals surface area contributed by atoms with Crippen molar-refractivity contribution in [3.8, 4) is 5.75 Å². The van der Waals surface area contributed by atoms with Crippen molar-refractivity contribution >= 4 is 17.5 Å². The number of carbonyl (C=O) groups is 1. The number of halogens is 1. The van der Waals surface area contributed by atoms with Crippen LogP contribution in [0.5, 0.6) is 5.75 Å². The van der Waals surface area contributed by atoms with Gasteiger partial charge >= 0.3 is 0 Å². The van der Waals surface area contributed by atoms with Crippen molar-refractivity contribution in [1.29, 1.82) is 0 Å². The van der Waals surface area contributed by atoms with E-state index >= 15 is 0 Å². The molecule has 110 valence electrons. The van der Waals surface area contributed by atoms with Crippen LogP contribution in [0.25, 0.3) is 0 Å². The predicted molar refractivity (Wildman–Crippen MR) is 81.2 cm³/mol. The topological polar surface area (TPSA) is 38.3 Å². The number of alkyl halides is 1. The van der Waals surface area contributed by atoms with Gasteiger partial charge in [-0.25, -0.2) is 0 Å². The van der Waals surface area contributed by atoms with Gasteiger partial charge in [0, 0.05) is 6.04 Å². The van der Waals surface area contributed by atoms with Crippen LogP contribution in [0.15, 0.2) is 24.3 Å². The summed E-state index contributed by atoms with van der Waals surface area (Å²) in [6.45, 7) is 2.73. The highest BCUT2D eigenvalue weighted by molar-refractivity contribution is 6.30. The van der Waals surface area contributed by atoms with E-state index in [2.05, 4.69) is 12.2 Å². The molecule has 1 N–H and O–H groups in total. The van der Waals surface area contributed by atoms with Gasteiger partial charge in [0.05, 0.1) is 6.61 Å². The van der Waals surface area contributed by atoms with E-state index in [9.17, 15) is 4.79 Å². The first-order valence-corrected chi connectivity index (χ1v) is 7.81. The van der Waals surface area contributed by atoms with Crippen LogP contribution in [0.4, 0.5) is 0 Å². The van der Waals surface area contributed by atoms with Gasteiger partial charge in [0.25, 0.3) is 0 Å². The molecule has 0 bridgehead atoms. The summed E-state index contributed by atoms with van der Waals surface area (Å²) in [6, 6.07) is 7.77. The van der Waals surface area contributed by atoms with Crippen LogP contribution >= 0.6 is 11.6 Å². The summed E-state index contributed by atoms with van der Waals surface area (Å²) in [4.78, 5) is 12.1. The van der Waals surface area contributed by atoms with Gasteiger partial charge in [0.15, 0.2) is 0 Å². The van der Waals surface area contributed by atoms with Crippen LogP contribution in [0.2, 0.25) is 0 Å². The normalized spacial score (nSPS) is 16.9. The molecule has 1 fully saturated rings. The molecule has 4 heteroatoms. The van der Waals surface area contributed by atoms with Crippen LogP contribution in [0.3, 0.4) is 0 Å². The van der Waals surface area contributed by atoms with Crippen molar-refractivity contribution in [2.24, 2.45) is 0 Å². The van der Waals surface area contributed by atoms with Crippen LogP contribution < -0.4 is 10.1 Å². The maximum atomic E-state index is 12.1. The maximum absolute atomic E-state index is 12.1. The Balaban J connectivity index is 1.96. The molecule has 1 aliphatic rings. The molecule has 2 rings (SSSR count). The molecule has 0 heterocycles. The Bertz CT molecular complexity index is 444. The van der Waals surface area contributed by atoms with E-state index in [1.807, 2.05) is 24.3 Å². The van der Waals surface area contributed by atoms with E-state index in [0.717, 1.165) is 30.6 Å². The zero-order valence-electron chi connectivity index (χ0n) is 11.9. The summed E-state index contributed by atoms with van der Waals surface area (Å²) in [5, 5.41) is 2.38. The average Bonchev–Trinajstić information content (AvgIpc) is 2.97. The lowest BCUT2D eigenvalue weighted by molar-refractivity contribution is -0.121. The number of rotatable bonds is 6. The van der Waals surface area contributed by atoms with Crippen molar-refractivity contribution in [3.05, 3.63) is 29.8 Å². The van der Waals surface area contributed by atoms with Crippen molar-refractivity contribution in [2.45, 2.75) is 50.4 Å². The first-order valence-electron chi connectivity index (χ1n) is 7.38. The van der Waals surface area contributed by atoms with E-state index < -0.39 is 5.38 Å². The molecule has 1 aliphatic carbocycles. The zero-order chi connectivity index (χ0) is 14.4. The highest BCUT2D eigenvalue weighted by Crippen LogP contribution is 2.26. The molecule has 1 saturated carbocycles. The van der Waals surface area contributed by atoms with Gasteiger partial charge < -0.3 is 10.1 Å². The molecular formula is C16H22ClNO2. The molecule has 1 unspecified atom stereocenters. The van der Waals surface area contributed by atoms with Crippen molar-refractivity contribution in [1.82, 2.24) is 5.32 Å². The van der Waals surface area contributed by atoms with Crippen LogP contribution in [0, 0.1) is 0 Å². The van der Waals surface area contributed by atoms with Crippen LogP contribution in [0.1, 0.15) is 50.0 Å². The number of carbonyl (C=O) groups excluding carboxylic acids is 1. The summed E-state index contributed by atoms with van der Waals surface area (Å²) in [7, 11) is 0. The third-order valence-electron chi connectivity index (χ3n) is 3.56. The minimum absolute atomic E-state index is 0.105. The third-order valence-corrected chi connectivity index (χ3v) is 4.01. The van der Waals surface area contributed by atoms with Crippen molar-refractivity contribution in [2.75, 3.05) is 6.61 Å². The molecular weight excluding hydrogens is 274 g/mol. The minimum Gasteiger partial charge on any atom is -0.494 e. The van der Waals surface area contributed by atoms with Gasteiger partial charge in [-0.3, -0.25) is 4.79 Å². The number of nitrogens with one attached hydrogen (secondary N) is 1. The van der Waals surface area contributed by atoms with Crippen LogP contribution in [-0.4, -0.2) is 18.6 Å². The Labute approximate surface area is 125 Å². The molecule has 1 aromatic carbocycles. The van der Waals surface area contributed by atoms with Crippen molar-refractivity contribution in [3.63, 3.8) is 0 Å². The second-order valence-electron chi connectivity index (χ2n) is 5.27. The summed E-state index contributed by atoms with van der Waals surface area (Å²) in [5.74, 6) is 0.662. The molecule has 0 radical (unpaired) electrons. The number of ether oxygens (including phenoxy) is 1. The SMILES string of the molecule is CCCOc1cccc(C(Cl)C(=O)NC2CCCC2)c1. The molecule has 0 saturated heterocycles.